The van der Waals surface area contributed by atoms with Crippen LogP contribution in [0, 0.1) is 18.7 Å². The fraction of sp³-hybridized carbons (Fsp3) is 0.538. The molecule has 0 radical (unpaired) electrons. The number of benzene rings is 1. The van der Waals surface area contributed by atoms with Crippen molar-refractivity contribution in [3.63, 3.8) is 0 Å². The second-order valence-electron chi connectivity index (χ2n) is 4.55. The summed E-state index contributed by atoms with van der Waals surface area (Å²) in [4.78, 5) is 0. The Labute approximate surface area is 95.1 Å². The van der Waals surface area contributed by atoms with E-state index >= 15 is 0 Å². The Morgan fingerprint density at radius 3 is 2.81 bits per heavy atom. The third-order valence-corrected chi connectivity index (χ3v) is 3.28. The van der Waals surface area contributed by atoms with E-state index < -0.39 is 6.10 Å². The molecular weight excluding hydrogens is 207 g/mol. The maximum absolute atomic E-state index is 13.1. The highest BCUT2D eigenvalue weighted by molar-refractivity contribution is 5.26. The molecule has 16 heavy (non-hydrogen) atoms. The van der Waals surface area contributed by atoms with Crippen molar-refractivity contribution in [2.24, 2.45) is 5.92 Å². The van der Waals surface area contributed by atoms with Gasteiger partial charge in [-0.15, -0.1) is 0 Å². The summed E-state index contributed by atoms with van der Waals surface area (Å²) in [5.41, 5.74) is 1.29. The smallest absolute Gasteiger partial charge is 0.126 e. The number of aliphatic hydroxyl groups is 1. The van der Waals surface area contributed by atoms with Crippen molar-refractivity contribution < 1.29 is 14.2 Å². The van der Waals surface area contributed by atoms with E-state index in [1.165, 1.54) is 6.07 Å². The maximum atomic E-state index is 13.1. The van der Waals surface area contributed by atoms with Crippen LogP contribution in [0.3, 0.4) is 0 Å². The topological polar surface area (TPSA) is 29.5 Å². The van der Waals surface area contributed by atoms with Gasteiger partial charge in [-0.25, -0.2) is 4.39 Å². The molecule has 1 heterocycles. The average Bonchev–Trinajstić information content (AvgIpc) is 2.67. The van der Waals surface area contributed by atoms with E-state index in [0.29, 0.717) is 18.1 Å². The normalized spacial score (nSPS) is 27.0. The van der Waals surface area contributed by atoms with Crippen molar-refractivity contribution in [1.29, 1.82) is 0 Å². The van der Waals surface area contributed by atoms with Gasteiger partial charge in [0.15, 0.2) is 0 Å². The van der Waals surface area contributed by atoms with Gasteiger partial charge < -0.3 is 9.84 Å². The highest BCUT2D eigenvalue weighted by atomic mass is 19.1. The minimum atomic E-state index is -0.656. The Hall–Kier alpha value is -0.930. The van der Waals surface area contributed by atoms with E-state index in [2.05, 4.69) is 6.92 Å². The first-order valence-corrected chi connectivity index (χ1v) is 5.65. The van der Waals surface area contributed by atoms with Crippen molar-refractivity contribution >= 4 is 0 Å². The summed E-state index contributed by atoms with van der Waals surface area (Å²) in [6, 6.07) is 4.71. The van der Waals surface area contributed by atoms with Crippen LogP contribution in [-0.2, 0) is 4.74 Å². The van der Waals surface area contributed by atoms with Gasteiger partial charge >= 0.3 is 0 Å². The van der Waals surface area contributed by atoms with Crippen LogP contribution in [0.25, 0.3) is 0 Å². The Kier molecular flexibility index (Phi) is 3.26. The third kappa shape index (κ3) is 2.11. The molecule has 1 saturated heterocycles. The number of rotatable bonds is 2. The van der Waals surface area contributed by atoms with Gasteiger partial charge in [0, 0.05) is 6.61 Å². The van der Waals surface area contributed by atoms with E-state index in [9.17, 15) is 9.50 Å². The highest BCUT2D eigenvalue weighted by Crippen LogP contribution is 2.31. The van der Waals surface area contributed by atoms with Crippen LogP contribution >= 0.6 is 0 Å². The number of aryl methyl sites for hydroxylation is 1. The number of halogens is 1. The largest absolute Gasteiger partial charge is 0.386 e. The molecule has 0 amide bonds. The molecule has 0 bridgehead atoms. The van der Waals surface area contributed by atoms with Crippen LogP contribution in [0.2, 0.25) is 0 Å². The Morgan fingerprint density at radius 2 is 2.25 bits per heavy atom. The lowest BCUT2D eigenvalue weighted by Gasteiger charge is -2.22. The van der Waals surface area contributed by atoms with E-state index in [4.69, 9.17) is 4.74 Å². The summed E-state index contributed by atoms with van der Waals surface area (Å²) in [6.45, 7) is 4.46. The van der Waals surface area contributed by atoms with Crippen LogP contribution in [0.5, 0.6) is 0 Å². The van der Waals surface area contributed by atoms with Gasteiger partial charge in [-0.3, -0.25) is 0 Å². The minimum Gasteiger partial charge on any atom is -0.386 e. The van der Waals surface area contributed by atoms with Gasteiger partial charge in [-0.2, -0.15) is 0 Å². The summed E-state index contributed by atoms with van der Waals surface area (Å²) in [7, 11) is 0. The Morgan fingerprint density at radius 1 is 1.50 bits per heavy atom. The zero-order valence-corrected chi connectivity index (χ0v) is 9.61. The van der Waals surface area contributed by atoms with E-state index in [1.807, 2.05) is 0 Å². The molecule has 0 aliphatic carbocycles. The molecular formula is C13H17FO2. The fourth-order valence-electron chi connectivity index (χ4n) is 2.16. The molecule has 3 atom stereocenters. The van der Waals surface area contributed by atoms with Crippen LogP contribution in [0.4, 0.5) is 4.39 Å². The number of hydrogen-bond donors (Lipinski definition) is 1. The zero-order valence-electron chi connectivity index (χ0n) is 9.61. The van der Waals surface area contributed by atoms with Crippen molar-refractivity contribution in [3.05, 3.63) is 35.1 Å². The van der Waals surface area contributed by atoms with Crippen molar-refractivity contribution in [3.8, 4) is 0 Å². The van der Waals surface area contributed by atoms with Crippen LogP contribution in [0.1, 0.15) is 30.6 Å². The number of ether oxygens (including phenoxy) is 1. The van der Waals surface area contributed by atoms with E-state index in [0.717, 1.165) is 12.0 Å². The predicted molar refractivity (Wildman–Crippen MR) is 59.6 cm³/mol. The second-order valence-corrected chi connectivity index (χ2v) is 4.55. The van der Waals surface area contributed by atoms with Gasteiger partial charge in [0.2, 0.25) is 0 Å². The monoisotopic (exact) mass is 224 g/mol. The number of hydrogen-bond acceptors (Lipinski definition) is 2. The molecule has 3 heteroatoms. The van der Waals surface area contributed by atoms with Crippen LogP contribution < -0.4 is 0 Å². The number of aliphatic hydroxyl groups excluding tert-OH is 1. The predicted octanol–water partition coefficient (Wildman–Crippen LogP) is 2.59. The van der Waals surface area contributed by atoms with Crippen molar-refractivity contribution in [1.82, 2.24) is 0 Å². The summed E-state index contributed by atoms with van der Waals surface area (Å²) in [5, 5.41) is 10.2. The summed E-state index contributed by atoms with van der Waals surface area (Å²) in [5.74, 6) is 0.108. The molecule has 0 saturated carbocycles. The molecule has 2 nitrogen and oxygen atoms in total. The summed E-state index contributed by atoms with van der Waals surface area (Å²) >= 11 is 0. The maximum Gasteiger partial charge on any atom is 0.126 e. The fourth-order valence-corrected chi connectivity index (χ4v) is 2.16. The molecule has 0 aromatic heterocycles. The van der Waals surface area contributed by atoms with Crippen LogP contribution in [-0.4, -0.2) is 17.8 Å². The molecule has 1 aliphatic heterocycles. The SMILES string of the molecule is Cc1cc(C(O)C2OCCC2C)ccc1F. The molecule has 0 spiro atoms. The molecule has 1 N–H and O–H groups in total. The van der Waals surface area contributed by atoms with Crippen molar-refractivity contribution in [2.75, 3.05) is 6.61 Å². The second kappa shape index (κ2) is 4.52. The molecule has 1 aromatic carbocycles. The lowest BCUT2D eigenvalue weighted by Crippen LogP contribution is -2.23. The molecule has 3 unspecified atom stereocenters. The summed E-state index contributed by atoms with van der Waals surface area (Å²) in [6.07, 6.45) is 0.156. The molecule has 2 rings (SSSR count). The first kappa shape index (κ1) is 11.6. The molecule has 1 aromatic rings. The average molecular weight is 224 g/mol. The lowest BCUT2D eigenvalue weighted by atomic mass is 9.94. The minimum absolute atomic E-state index is 0.162. The van der Waals surface area contributed by atoms with E-state index in [-0.39, 0.29) is 11.9 Å². The summed E-state index contributed by atoms with van der Waals surface area (Å²) < 4.78 is 18.6. The quantitative estimate of drug-likeness (QED) is 0.836. The lowest BCUT2D eigenvalue weighted by molar-refractivity contribution is -0.0178. The molecule has 1 aliphatic rings. The Balaban J connectivity index is 2.20. The van der Waals surface area contributed by atoms with Gasteiger partial charge in [-0.05, 0) is 36.5 Å². The molecule has 88 valence electrons. The first-order chi connectivity index (χ1) is 7.59. The van der Waals surface area contributed by atoms with Gasteiger partial charge in [0.1, 0.15) is 11.9 Å². The van der Waals surface area contributed by atoms with Gasteiger partial charge in [0.05, 0.1) is 6.10 Å². The zero-order chi connectivity index (χ0) is 11.7. The van der Waals surface area contributed by atoms with Gasteiger partial charge in [-0.1, -0.05) is 19.1 Å². The first-order valence-electron chi connectivity index (χ1n) is 5.65. The Bertz CT molecular complexity index is 378. The van der Waals surface area contributed by atoms with Crippen molar-refractivity contribution in [2.45, 2.75) is 32.5 Å². The van der Waals surface area contributed by atoms with Crippen LogP contribution in [0.15, 0.2) is 18.2 Å². The molecule has 1 fully saturated rings. The van der Waals surface area contributed by atoms with E-state index in [1.54, 1.807) is 19.1 Å². The third-order valence-electron chi connectivity index (χ3n) is 3.28. The van der Waals surface area contributed by atoms with Gasteiger partial charge in [0.25, 0.3) is 0 Å². The highest BCUT2D eigenvalue weighted by Gasteiger charge is 2.31. The standard InChI is InChI=1S/C13H17FO2/c1-8-5-6-16-13(8)12(15)10-3-4-11(14)9(2)7-10/h3-4,7-8,12-13,15H,5-6H2,1-2H3.